The monoisotopic (exact) mass is 510 g/mol. The van der Waals surface area contributed by atoms with Gasteiger partial charge in [-0.25, -0.2) is 0 Å². The van der Waals surface area contributed by atoms with Crippen LogP contribution in [0.1, 0.15) is 81.0 Å². The Kier molecular flexibility index (Phi) is 6.11. The van der Waals surface area contributed by atoms with Crippen molar-refractivity contribution in [1.29, 1.82) is 0 Å². The molecule has 1 aliphatic heterocycles. The Morgan fingerprint density at radius 1 is 1.03 bits per heavy atom. The van der Waals surface area contributed by atoms with Gasteiger partial charge in [-0.05, 0) is 96.4 Å². The Balaban J connectivity index is 1.20. The molecule has 2 amide bonds. The largest absolute Gasteiger partial charge is 0.353 e. The highest BCUT2D eigenvalue weighted by atomic mass is 32.1. The quantitative estimate of drug-likeness (QED) is 0.493. The number of carbonyl (C=O) groups is 2. The predicted octanol–water partition coefficient (Wildman–Crippen LogP) is 6.35. The van der Waals surface area contributed by atoms with Gasteiger partial charge in [0, 0.05) is 34.6 Å². The highest BCUT2D eigenvalue weighted by molar-refractivity contribution is 7.10. The van der Waals surface area contributed by atoms with E-state index < -0.39 is 0 Å². The second-order valence-corrected chi connectivity index (χ2v) is 14.1. The van der Waals surface area contributed by atoms with Gasteiger partial charge in [-0.1, -0.05) is 26.0 Å². The molecule has 35 heavy (non-hydrogen) atoms. The van der Waals surface area contributed by atoms with Gasteiger partial charge in [-0.2, -0.15) is 0 Å². The van der Waals surface area contributed by atoms with Crippen molar-refractivity contribution in [2.75, 3.05) is 0 Å². The topological polar surface area (TPSA) is 58.2 Å². The molecule has 3 aliphatic carbocycles. The van der Waals surface area contributed by atoms with Crippen molar-refractivity contribution in [3.8, 4) is 0 Å². The number of thiophene rings is 2. The van der Waals surface area contributed by atoms with Crippen LogP contribution in [-0.2, 0) is 16.0 Å². The predicted molar refractivity (Wildman–Crippen MR) is 142 cm³/mol. The fraction of sp³-hybridized carbons (Fsp3) is 0.655. The van der Waals surface area contributed by atoms with Gasteiger partial charge in [0.2, 0.25) is 11.8 Å². The molecule has 6 rings (SSSR count). The van der Waals surface area contributed by atoms with Crippen molar-refractivity contribution in [2.45, 2.75) is 83.7 Å². The molecule has 1 saturated heterocycles. The summed E-state index contributed by atoms with van der Waals surface area (Å²) in [4.78, 5) is 28.5. The van der Waals surface area contributed by atoms with Crippen LogP contribution in [0.25, 0.3) is 0 Å². The third-order valence-electron chi connectivity index (χ3n) is 10.6. The Hall–Kier alpha value is -1.66. The van der Waals surface area contributed by atoms with Crippen LogP contribution in [-0.4, -0.2) is 17.9 Å². The zero-order chi connectivity index (χ0) is 24.2. The number of nitrogens with one attached hydrogen (secondary N) is 2. The van der Waals surface area contributed by atoms with Gasteiger partial charge in [-0.15, -0.1) is 22.7 Å². The SMILES string of the molecule is C[C@]12CCC(=O)NC1CC[C@@H]1[C@H]2CC[C@]2(C)C(C(=O)NC(Cc3cccs3)c3cccs3)CC[C@@H]12. The Labute approximate surface area is 217 Å². The fourth-order valence-electron chi connectivity index (χ4n) is 8.75. The first kappa shape index (κ1) is 23.7. The van der Waals surface area contributed by atoms with Crippen LogP contribution in [0.3, 0.4) is 0 Å². The summed E-state index contributed by atoms with van der Waals surface area (Å²) in [6, 6.07) is 8.93. The maximum atomic E-state index is 13.9. The molecule has 4 fully saturated rings. The van der Waals surface area contributed by atoms with E-state index >= 15 is 0 Å². The summed E-state index contributed by atoms with van der Waals surface area (Å²) >= 11 is 3.52. The lowest BCUT2D eigenvalue weighted by atomic mass is 9.47. The second-order valence-electron chi connectivity index (χ2n) is 12.1. The first-order valence-corrected chi connectivity index (χ1v) is 15.3. The van der Waals surface area contributed by atoms with Crippen molar-refractivity contribution in [3.05, 3.63) is 44.8 Å². The van der Waals surface area contributed by atoms with Crippen LogP contribution >= 0.6 is 22.7 Å². The molecular weight excluding hydrogens is 472 g/mol. The van der Waals surface area contributed by atoms with Crippen LogP contribution in [0.4, 0.5) is 0 Å². The van der Waals surface area contributed by atoms with Gasteiger partial charge in [0.25, 0.3) is 0 Å². The van der Waals surface area contributed by atoms with Crippen molar-refractivity contribution in [2.24, 2.45) is 34.5 Å². The smallest absolute Gasteiger partial charge is 0.224 e. The highest BCUT2D eigenvalue weighted by Crippen LogP contribution is 2.65. The van der Waals surface area contributed by atoms with E-state index in [9.17, 15) is 9.59 Å². The summed E-state index contributed by atoms with van der Waals surface area (Å²) in [6.07, 6.45) is 9.42. The second kappa shape index (κ2) is 9.02. The average molecular weight is 511 g/mol. The molecule has 6 heteroatoms. The highest BCUT2D eigenvalue weighted by Gasteiger charge is 2.61. The van der Waals surface area contributed by atoms with Crippen molar-refractivity contribution in [1.82, 2.24) is 10.6 Å². The van der Waals surface area contributed by atoms with Gasteiger partial charge >= 0.3 is 0 Å². The minimum atomic E-state index is 0.0559. The fourth-order valence-corrected chi connectivity index (χ4v) is 10.3. The average Bonchev–Trinajstić information content (AvgIpc) is 3.60. The lowest BCUT2D eigenvalue weighted by Gasteiger charge is -2.60. The number of hydrogen-bond donors (Lipinski definition) is 2. The molecule has 8 atom stereocenters. The molecule has 2 N–H and O–H groups in total. The molecule has 4 aliphatic rings. The molecule has 3 saturated carbocycles. The Bertz CT molecular complexity index is 1070. The third kappa shape index (κ3) is 3.99. The maximum Gasteiger partial charge on any atom is 0.224 e. The normalized spacial score (nSPS) is 39.1. The molecule has 2 aromatic rings. The van der Waals surface area contributed by atoms with Crippen LogP contribution in [0, 0.1) is 34.5 Å². The van der Waals surface area contributed by atoms with Crippen LogP contribution in [0.15, 0.2) is 35.0 Å². The third-order valence-corrected chi connectivity index (χ3v) is 12.5. The zero-order valence-electron chi connectivity index (χ0n) is 20.9. The molecule has 3 unspecified atom stereocenters. The number of rotatable bonds is 5. The number of piperidine rings is 1. The minimum Gasteiger partial charge on any atom is -0.353 e. The van der Waals surface area contributed by atoms with E-state index in [4.69, 9.17) is 0 Å². The summed E-state index contributed by atoms with van der Waals surface area (Å²) in [5, 5.41) is 11.1. The summed E-state index contributed by atoms with van der Waals surface area (Å²) in [7, 11) is 0. The van der Waals surface area contributed by atoms with E-state index in [1.54, 1.807) is 22.7 Å². The van der Waals surface area contributed by atoms with E-state index in [0.29, 0.717) is 30.2 Å². The van der Waals surface area contributed by atoms with E-state index in [2.05, 4.69) is 59.5 Å². The number of amides is 2. The van der Waals surface area contributed by atoms with Crippen molar-refractivity contribution < 1.29 is 9.59 Å². The summed E-state index contributed by atoms with van der Waals surface area (Å²) in [6.45, 7) is 4.88. The number of hydrogen-bond acceptors (Lipinski definition) is 4. The molecule has 3 heterocycles. The molecule has 0 bridgehead atoms. The van der Waals surface area contributed by atoms with Gasteiger partial charge in [0.15, 0.2) is 0 Å². The molecular formula is C29H38N2O2S2. The molecule has 0 radical (unpaired) electrons. The lowest BCUT2D eigenvalue weighted by molar-refractivity contribution is -0.142. The standard InChI is InChI=1S/C29H38N2O2S2/c1-28-13-11-21-19(7-10-25-29(21,2)14-12-26(32)31-25)20(28)8-9-22(28)27(33)30-23(24-6-4-16-35-24)17-18-5-3-15-34-18/h3-6,15-16,19-23,25H,7-14,17H2,1-2H3,(H,30,33)(H,31,32)/t19-,20-,21+,22?,23?,25?,28-,29+/m0/s1. The van der Waals surface area contributed by atoms with Gasteiger partial charge < -0.3 is 10.6 Å². The first-order valence-electron chi connectivity index (χ1n) is 13.5. The zero-order valence-corrected chi connectivity index (χ0v) is 22.6. The van der Waals surface area contributed by atoms with E-state index in [1.165, 1.54) is 29.0 Å². The molecule has 2 aromatic heterocycles. The van der Waals surface area contributed by atoms with Gasteiger partial charge in [0.05, 0.1) is 6.04 Å². The summed E-state index contributed by atoms with van der Waals surface area (Å²) in [5.74, 6) is 2.63. The van der Waals surface area contributed by atoms with Crippen molar-refractivity contribution >= 4 is 34.5 Å². The van der Waals surface area contributed by atoms with Gasteiger partial charge in [-0.3, -0.25) is 9.59 Å². The Morgan fingerprint density at radius 3 is 2.60 bits per heavy atom. The maximum absolute atomic E-state index is 13.9. The van der Waals surface area contributed by atoms with E-state index in [-0.39, 0.29) is 34.6 Å². The van der Waals surface area contributed by atoms with Crippen LogP contribution in [0.2, 0.25) is 0 Å². The van der Waals surface area contributed by atoms with Crippen LogP contribution < -0.4 is 10.6 Å². The van der Waals surface area contributed by atoms with E-state index in [0.717, 1.165) is 32.1 Å². The first-order chi connectivity index (χ1) is 16.9. The van der Waals surface area contributed by atoms with Crippen LogP contribution in [0.5, 0.6) is 0 Å². The summed E-state index contributed by atoms with van der Waals surface area (Å²) < 4.78 is 0. The lowest BCUT2D eigenvalue weighted by Crippen LogP contribution is -2.61. The molecule has 0 aromatic carbocycles. The Morgan fingerprint density at radius 2 is 1.83 bits per heavy atom. The molecule has 0 spiro atoms. The van der Waals surface area contributed by atoms with E-state index in [1.807, 2.05) is 0 Å². The summed E-state index contributed by atoms with van der Waals surface area (Å²) in [5.41, 5.74) is 0.318. The molecule has 4 nitrogen and oxygen atoms in total. The number of fused-ring (bicyclic) bond motifs is 5. The molecule has 188 valence electrons. The minimum absolute atomic E-state index is 0.0559. The van der Waals surface area contributed by atoms with Gasteiger partial charge in [0.1, 0.15) is 0 Å². The number of carbonyl (C=O) groups excluding carboxylic acids is 2. The van der Waals surface area contributed by atoms with Crippen molar-refractivity contribution in [3.63, 3.8) is 0 Å².